The minimum Gasteiger partial charge on any atom is -0.504 e. The lowest BCUT2D eigenvalue weighted by molar-refractivity contribution is -0.434. The third kappa shape index (κ3) is 2.31. The lowest BCUT2D eigenvalue weighted by atomic mass is 10.0. The van der Waals surface area contributed by atoms with Gasteiger partial charge in [0.05, 0.1) is 4.92 Å². The lowest BCUT2D eigenvalue weighted by Gasteiger charge is -2.23. The fourth-order valence-corrected chi connectivity index (χ4v) is 2.22. The van der Waals surface area contributed by atoms with Crippen LogP contribution in [0.1, 0.15) is 17.2 Å². The van der Waals surface area contributed by atoms with Gasteiger partial charge < -0.3 is 9.84 Å². The van der Waals surface area contributed by atoms with Gasteiger partial charge in [-0.25, -0.2) is 4.39 Å². The first-order valence-electron chi connectivity index (χ1n) is 6.16. The molecule has 1 aliphatic heterocycles. The maximum absolute atomic E-state index is 13.0. The second kappa shape index (κ2) is 4.90. The molecule has 5 nitrogen and oxygen atoms in total. The van der Waals surface area contributed by atoms with Crippen LogP contribution in [-0.4, -0.2) is 10.0 Å². The van der Waals surface area contributed by atoms with Crippen molar-refractivity contribution in [3.05, 3.63) is 75.2 Å². The second-order valence-corrected chi connectivity index (χ2v) is 4.57. The highest BCUT2D eigenvalue weighted by Crippen LogP contribution is 2.42. The topological polar surface area (TPSA) is 72.6 Å². The van der Waals surface area contributed by atoms with Crippen LogP contribution in [-0.2, 0) is 0 Å². The Balaban J connectivity index is 2.11. The number of nitrogens with zero attached hydrogens (tertiary/aromatic N) is 1. The molecule has 0 saturated carbocycles. The molecule has 1 aliphatic rings. The zero-order valence-corrected chi connectivity index (χ0v) is 10.7. The van der Waals surface area contributed by atoms with E-state index in [9.17, 15) is 19.6 Å². The summed E-state index contributed by atoms with van der Waals surface area (Å²) in [6.45, 7) is 0. The van der Waals surface area contributed by atoms with Gasteiger partial charge in [0.2, 0.25) is 6.10 Å². The number of phenolic OH excluding ortho intramolecular Hbond substituents is 1. The molecule has 106 valence electrons. The third-order valence-electron chi connectivity index (χ3n) is 3.22. The molecule has 0 radical (unpaired) electrons. The molecule has 1 N–H and O–H groups in total. The summed E-state index contributed by atoms with van der Waals surface area (Å²) in [5, 5.41) is 21.0. The summed E-state index contributed by atoms with van der Waals surface area (Å²) in [7, 11) is 0. The van der Waals surface area contributed by atoms with E-state index in [1.807, 2.05) is 0 Å². The number of phenols is 1. The van der Waals surface area contributed by atoms with Crippen molar-refractivity contribution >= 4 is 6.08 Å². The summed E-state index contributed by atoms with van der Waals surface area (Å²) >= 11 is 0. The van der Waals surface area contributed by atoms with E-state index in [0.717, 1.165) is 0 Å². The summed E-state index contributed by atoms with van der Waals surface area (Å²) in [5.41, 5.74) is 0.702. The number of aromatic hydroxyl groups is 1. The Kier molecular flexibility index (Phi) is 3.06. The number of nitro groups is 1. The molecule has 21 heavy (non-hydrogen) atoms. The molecule has 1 heterocycles. The van der Waals surface area contributed by atoms with E-state index < -0.39 is 16.8 Å². The highest BCUT2D eigenvalue weighted by atomic mass is 19.1. The summed E-state index contributed by atoms with van der Waals surface area (Å²) in [5.74, 6) is -0.361. The van der Waals surface area contributed by atoms with Crippen molar-refractivity contribution in [2.45, 2.75) is 6.10 Å². The van der Waals surface area contributed by atoms with E-state index in [1.54, 1.807) is 12.1 Å². The molecule has 1 atom stereocenters. The van der Waals surface area contributed by atoms with Crippen LogP contribution in [0.5, 0.6) is 11.5 Å². The molecule has 0 aliphatic carbocycles. The number of hydrogen-bond acceptors (Lipinski definition) is 4. The van der Waals surface area contributed by atoms with Crippen LogP contribution in [0.25, 0.3) is 6.08 Å². The molecular weight excluding hydrogens is 277 g/mol. The Hall–Kier alpha value is -2.89. The summed E-state index contributed by atoms with van der Waals surface area (Å²) in [4.78, 5) is 10.7. The van der Waals surface area contributed by atoms with Gasteiger partial charge in [-0.15, -0.1) is 0 Å². The van der Waals surface area contributed by atoms with Crippen LogP contribution >= 0.6 is 0 Å². The van der Waals surface area contributed by atoms with Crippen LogP contribution in [0, 0.1) is 15.9 Å². The zero-order valence-electron chi connectivity index (χ0n) is 10.7. The average molecular weight is 287 g/mol. The summed E-state index contributed by atoms with van der Waals surface area (Å²) in [6.07, 6.45) is 0.355. The number of ether oxygens (including phenoxy) is 1. The van der Waals surface area contributed by atoms with Gasteiger partial charge in [-0.1, -0.05) is 24.3 Å². The molecule has 0 fully saturated rings. The SMILES string of the molecule is O=[N+]([O-])C1=Cc2cccc(O)c2O[C@H]1c1ccc(F)cc1. The Morgan fingerprint density at radius 2 is 1.90 bits per heavy atom. The van der Waals surface area contributed by atoms with Crippen molar-refractivity contribution in [1.82, 2.24) is 0 Å². The maximum atomic E-state index is 13.0. The Bertz CT molecular complexity index is 740. The lowest BCUT2D eigenvalue weighted by Crippen LogP contribution is -2.19. The van der Waals surface area contributed by atoms with Crippen molar-refractivity contribution in [1.29, 1.82) is 0 Å². The Labute approximate surface area is 119 Å². The fourth-order valence-electron chi connectivity index (χ4n) is 2.22. The Morgan fingerprint density at radius 3 is 2.57 bits per heavy atom. The van der Waals surface area contributed by atoms with Crippen LogP contribution in [0.3, 0.4) is 0 Å². The van der Waals surface area contributed by atoms with Gasteiger partial charge >= 0.3 is 0 Å². The van der Waals surface area contributed by atoms with Crippen LogP contribution in [0.4, 0.5) is 4.39 Å². The first kappa shape index (κ1) is 13.1. The molecular formula is C15H10FNO4. The van der Waals surface area contributed by atoms with E-state index in [2.05, 4.69) is 0 Å². The van der Waals surface area contributed by atoms with Gasteiger partial charge in [-0.05, 0) is 18.2 Å². The zero-order chi connectivity index (χ0) is 15.0. The smallest absolute Gasteiger partial charge is 0.291 e. The highest BCUT2D eigenvalue weighted by molar-refractivity contribution is 5.66. The predicted molar refractivity (Wildman–Crippen MR) is 72.8 cm³/mol. The monoisotopic (exact) mass is 287 g/mol. The van der Waals surface area contributed by atoms with Crippen molar-refractivity contribution in [2.24, 2.45) is 0 Å². The first-order chi connectivity index (χ1) is 10.1. The standard InChI is InChI=1S/C15H10FNO4/c16-11-6-4-9(5-7-11)14-12(17(19)20)8-10-2-1-3-13(18)15(10)21-14/h1-8,14,18H/t14-/m0/s1. The van der Waals surface area contributed by atoms with E-state index >= 15 is 0 Å². The summed E-state index contributed by atoms with van der Waals surface area (Å²) in [6, 6.07) is 9.87. The molecule has 0 amide bonds. The molecule has 2 aromatic rings. The van der Waals surface area contributed by atoms with Gasteiger partial charge in [-0.3, -0.25) is 10.1 Å². The van der Waals surface area contributed by atoms with Crippen LogP contribution in [0.2, 0.25) is 0 Å². The van der Waals surface area contributed by atoms with Crippen molar-refractivity contribution < 1.29 is 19.2 Å². The number of rotatable bonds is 2. The van der Waals surface area contributed by atoms with Crippen molar-refractivity contribution in [2.75, 3.05) is 0 Å². The van der Waals surface area contributed by atoms with Gasteiger partial charge in [-0.2, -0.15) is 0 Å². The molecule has 6 heteroatoms. The molecule has 0 saturated heterocycles. The van der Waals surface area contributed by atoms with E-state index in [0.29, 0.717) is 11.1 Å². The minimum absolute atomic E-state index is 0.0988. The fraction of sp³-hybridized carbons (Fsp3) is 0.0667. The van der Waals surface area contributed by atoms with Crippen molar-refractivity contribution in [3.8, 4) is 11.5 Å². The van der Waals surface area contributed by atoms with Crippen molar-refractivity contribution in [3.63, 3.8) is 0 Å². The number of para-hydroxylation sites is 1. The minimum atomic E-state index is -0.999. The third-order valence-corrected chi connectivity index (χ3v) is 3.22. The van der Waals surface area contributed by atoms with Gasteiger partial charge in [0.15, 0.2) is 11.5 Å². The number of benzene rings is 2. The average Bonchev–Trinajstić information content (AvgIpc) is 2.47. The number of hydrogen-bond donors (Lipinski definition) is 1. The van der Waals surface area contributed by atoms with Gasteiger partial charge in [0.1, 0.15) is 5.82 Å². The number of fused-ring (bicyclic) bond motifs is 1. The van der Waals surface area contributed by atoms with E-state index in [-0.39, 0.29) is 17.2 Å². The first-order valence-corrected chi connectivity index (χ1v) is 6.16. The van der Waals surface area contributed by atoms with Crippen LogP contribution in [0.15, 0.2) is 48.2 Å². The highest BCUT2D eigenvalue weighted by Gasteiger charge is 2.34. The molecule has 0 bridgehead atoms. The maximum Gasteiger partial charge on any atom is 0.291 e. The predicted octanol–water partition coefficient (Wildman–Crippen LogP) is 3.28. The van der Waals surface area contributed by atoms with E-state index in [1.165, 1.54) is 36.4 Å². The largest absolute Gasteiger partial charge is 0.504 e. The quantitative estimate of drug-likeness (QED) is 0.679. The second-order valence-electron chi connectivity index (χ2n) is 4.57. The molecule has 0 spiro atoms. The normalized spacial score (nSPS) is 16.6. The molecule has 3 rings (SSSR count). The van der Waals surface area contributed by atoms with Gasteiger partial charge in [0, 0.05) is 17.2 Å². The Morgan fingerprint density at radius 1 is 1.19 bits per heavy atom. The van der Waals surface area contributed by atoms with Crippen LogP contribution < -0.4 is 4.74 Å². The number of halogens is 1. The molecule has 0 aromatic heterocycles. The molecule has 0 unspecified atom stereocenters. The summed E-state index contributed by atoms with van der Waals surface area (Å²) < 4.78 is 18.6. The molecule has 2 aromatic carbocycles. The van der Waals surface area contributed by atoms with E-state index in [4.69, 9.17) is 4.74 Å². The van der Waals surface area contributed by atoms with Gasteiger partial charge in [0.25, 0.3) is 5.70 Å².